The molecule has 3 aromatic heterocycles. The third kappa shape index (κ3) is 5.80. The average molecular weight is 777 g/mol. The van der Waals surface area contributed by atoms with Crippen LogP contribution in [0.15, 0.2) is 218 Å². The summed E-state index contributed by atoms with van der Waals surface area (Å²) < 4.78 is 2.36. The number of hydrogen-bond acceptors (Lipinski definition) is 3. The van der Waals surface area contributed by atoms with Crippen LogP contribution < -0.4 is 0 Å². The highest BCUT2D eigenvalue weighted by atomic mass is 15.0. The topological polar surface area (TPSA) is 43.6 Å². The Balaban J connectivity index is 1.08. The molecule has 0 saturated heterocycles. The molecule has 0 N–H and O–H groups in total. The van der Waals surface area contributed by atoms with Crippen LogP contribution in [-0.2, 0) is 0 Å². The van der Waals surface area contributed by atoms with Crippen molar-refractivity contribution in [3.8, 4) is 61.7 Å². The van der Waals surface area contributed by atoms with E-state index in [1.807, 2.05) is 12.1 Å². The Hall–Kier alpha value is -8.21. The molecule has 0 spiro atoms. The van der Waals surface area contributed by atoms with Crippen molar-refractivity contribution >= 4 is 54.5 Å². The van der Waals surface area contributed by atoms with E-state index < -0.39 is 0 Å². The maximum absolute atomic E-state index is 5.66. The van der Waals surface area contributed by atoms with Gasteiger partial charge in [-0.05, 0) is 59.2 Å². The van der Waals surface area contributed by atoms with Crippen molar-refractivity contribution in [2.45, 2.75) is 0 Å². The highest BCUT2D eigenvalue weighted by molar-refractivity contribution is 6.24. The van der Waals surface area contributed by atoms with Gasteiger partial charge in [-0.25, -0.2) is 15.0 Å². The first kappa shape index (κ1) is 34.8. The molecule has 4 heteroatoms. The lowest BCUT2D eigenvalue weighted by Gasteiger charge is -2.18. The van der Waals surface area contributed by atoms with Gasteiger partial charge in [0.15, 0.2) is 0 Å². The van der Waals surface area contributed by atoms with Gasteiger partial charge in [-0.2, -0.15) is 0 Å². The molecule has 0 aliphatic heterocycles. The van der Waals surface area contributed by atoms with Gasteiger partial charge in [0.25, 0.3) is 0 Å². The predicted octanol–water partition coefficient (Wildman–Crippen LogP) is 14.8. The van der Waals surface area contributed by atoms with Gasteiger partial charge in [-0.1, -0.05) is 176 Å². The van der Waals surface area contributed by atoms with E-state index in [0.717, 1.165) is 94.4 Å². The SMILES string of the molecule is c1ccc(-c2nc3c(-c4ccccc4)cc4c(-c5cccc(-c6ccc(-n7c8ccccc8c8ccccc87)cc6)c5)nc5ccccc5c4c3nc2-c2ccccc2)cc1. The van der Waals surface area contributed by atoms with E-state index in [9.17, 15) is 0 Å². The molecule has 0 aliphatic carbocycles. The van der Waals surface area contributed by atoms with E-state index in [-0.39, 0.29) is 0 Å². The Kier molecular flexibility index (Phi) is 8.13. The Labute approximate surface area is 352 Å². The van der Waals surface area contributed by atoms with Gasteiger partial charge in [-0.15, -0.1) is 0 Å². The van der Waals surface area contributed by atoms with Gasteiger partial charge in [0, 0.05) is 54.9 Å². The highest BCUT2D eigenvalue weighted by Gasteiger charge is 2.22. The molecule has 0 fully saturated rings. The van der Waals surface area contributed by atoms with Gasteiger partial charge in [-0.3, -0.25) is 0 Å². The van der Waals surface area contributed by atoms with Crippen molar-refractivity contribution in [3.05, 3.63) is 218 Å². The summed E-state index contributed by atoms with van der Waals surface area (Å²) in [5.41, 5.74) is 16.2. The fourth-order valence-electron chi connectivity index (χ4n) is 9.13. The minimum absolute atomic E-state index is 0.847. The molecule has 0 bridgehead atoms. The third-order valence-electron chi connectivity index (χ3n) is 12.0. The first-order chi connectivity index (χ1) is 30.3. The molecule has 12 rings (SSSR count). The highest BCUT2D eigenvalue weighted by Crippen LogP contribution is 2.43. The zero-order valence-electron chi connectivity index (χ0n) is 33.1. The van der Waals surface area contributed by atoms with Crippen LogP contribution in [0.4, 0.5) is 0 Å². The first-order valence-corrected chi connectivity index (χ1v) is 20.7. The number of para-hydroxylation sites is 3. The third-order valence-corrected chi connectivity index (χ3v) is 12.0. The van der Waals surface area contributed by atoms with Gasteiger partial charge in [0.1, 0.15) is 0 Å². The Bertz CT molecular complexity index is 3560. The Morgan fingerprint density at radius 1 is 0.295 bits per heavy atom. The molecule has 9 aromatic carbocycles. The van der Waals surface area contributed by atoms with Crippen molar-refractivity contribution in [2.75, 3.05) is 0 Å². The van der Waals surface area contributed by atoms with Crippen LogP contribution in [-0.4, -0.2) is 19.5 Å². The molecule has 0 radical (unpaired) electrons. The standard InChI is InChI=1S/C57H36N4/c1-4-17-38(18-5-1)47-36-48-52(57-56(47)59-54(39-19-6-2-7-20-39)55(60-57)40-21-8-3-9-22-40)46-27-10-13-28-49(46)58-53(48)42-24-16-23-41(35-42)37-31-33-43(34-32-37)61-50-29-14-11-25-44(50)45-26-12-15-30-51(45)61/h1-36H. The summed E-state index contributed by atoms with van der Waals surface area (Å²) >= 11 is 0. The van der Waals surface area contributed by atoms with Crippen molar-refractivity contribution in [3.63, 3.8) is 0 Å². The second-order valence-corrected chi connectivity index (χ2v) is 15.5. The maximum Gasteiger partial charge on any atom is 0.0987 e. The number of benzene rings is 9. The Morgan fingerprint density at radius 3 is 1.44 bits per heavy atom. The molecular formula is C57H36N4. The van der Waals surface area contributed by atoms with E-state index in [0.29, 0.717) is 0 Å². The second-order valence-electron chi connectivity index (χ2n) is 15.5. The Morgan fingerprint density at radius 2 is 0.803 bits per heavy atom. The molecule has 3 heterocycles. The second kappa shape index (κ2) is 14.3. The predicted molar refractivity (Wildman–Crippen MR) is 254 cm³/mol. The maximum atomic E-state index is 5.66. The number of rotatable bonds is 6. The summed E-state index contributed by atoms with van der Waals surface area (Å²) in [6.45, 7) is 0. The quantitative estimate of drug-likeness (QED) is 0.158. The van der Waals surface area contributed by atoms with Crippen molar-refractivity contribution in [2.24, 2.45) is 0 Å². The summed E-state index contributed by atoms with van der Waals surface area (Å²) in [5, 5.41) is 5.63. The van der Waals surface area contributed by atoms with Gasteiger partial charge in [0.05, 0.1) is 44.7 Å². The van der Waals surface area contributed by atoms with Gasteiger partial charge in [0.2, 0.25) is 0 Å². The molecule has 0 atom stereocenters. The van der Waals surface area contributed by atoms with E-state index in [2.05, 4.69) is 211 Å². The summed E-state index contributed by atoms with van der Waals surface area (Å²) in [7, 11) is 0. The van der Waals surface area contributed by atoms with E-state index in [4.69, 9.17) is 15.0 Å². The van der Waals surface area contributed by atoms with Gasteiger partial charge >= 0.3 is 0 Å². The molecular weight excluding hydrogens is 741 g/mol. The average Bonchev–Trinajstić information content (AvgIpc) is 3.68. The fourth-order valence-corrected chi connectivity index (χ4v) is 9.13. The minimum Gasteiger partial charge on any atom is -0.309 e. The van der Waals surface area contributed by atoms with E-state index in [1.165, 1.54) is 21.8 Å². The minimum atomic E-state index is 0.847. The largest absolute Gasteiger partial charge is 0.309 e. The molecule has 0 unspecified atom stereocenters. The monoisotopic (exact) mass is 776 g/mol. The van der Waals surface area contributed by atoms with Crippen molar-refractivity contribution in [1.82, 2.24) is 19.5 Å². The molecule has 61 heavy (non-hydrogen) atoms. The van der Waals surface area contributed by atoms with E-state index in [1.54, 1.807) is 0 Å². The zero-order valence-corrected chi connectivity index (χ0v) is 33.1. The van der Waals surface area contributed by atoms with Gasteiger partial charge < -0.3 is 4.57 Å². The van der Waals surface area contributed by atoms with Crippen LogP contribution in [0.2, 0.25) is 0 Å². The van der Waals surface area contributed by atoms with Crippen LogP contribution in [0.3, 0.4) is 0 Å². The number of aromatic nitrogens is 4. The number of hydrogen-bond donors (Lipinski definition) is 0. The lowest BCUT2D eigenvalue weighted by atomic mass is 9.92. The summed E-state index contributed by atoms with van der Waals surface area (Å²) in [4.78, 5) is 16.7. The molecule has 0 saturated carbocycles. The van der Waals surface area contributed by atoms with E-state index >= 15 is 0 Å². The normalized spacial score (nSPS) is 11.6. The molecule has 0 amide bonds. The zero-order chi connectivity index (χ0) is 40.3. The summed E-state index contributed by atoms with van der Waals surface area (Å²) in [6.07, 6.45) is 0. The van der Waals surface area contributed by atoms with Crippen LogP contribution >= 0.6 is 0 Å². The summed E-state index contributed by atoms with van der Waals surface area (Å²) in [6, 6.07) is 77.1. The number of pyridine rings is 1. The molecule has 12 aromatic rings. The molecule has 0 aliphatic rings. The lowest BCUT2D eigenvalue weighted by molar-refractivity contribution is 1.18. The van der Waals surface area contributed by atoms with Crippen molar-refractivity contribution < 1.29 is 0 Å². The number of nitrogens with zero attached hydrogens (tertiary/aromatic N) is 4. The lowest BCUT2D eigenvalue weighted by Crippen LogP contribution is -2.00. The van der Waals surface area contributed by atoms with Crippen LogP contribution in [0.1, 0.15) is 0 Å². The van der Waals surface area contributed by atoms with Crippen LogP contribution in [0.25, 0.3) is 116 Å². The molecule has 4 nitrogen and oxygen atoms in total. The smallest absolute Gasteiger partial charge is 0.0987 e. The number of fused-ring (bicyclic) bond motifs is 8. The fraction of sp³-hybridized carbons (Fsp3) is 0. The summed E-state index contributed by atoms with van der Waals surface area (Å²) in [5.74, 6) is 0. The first-order valence-electron chi connectivity index (χ1n) is 20.7. The van der Waals surface area contributed by atoms with Crippen molar-refractivity contribution in [1.29, 1.82) is 0 Å². The van der Waals surface area contributed by atoms with Crippen LogP contribution in [0.5, 0.6) is 0 Å². The molecule has 284 valence electrons. The van der Waals surface area contributed by atoms with Crippen LogP contribution in [0, 0.1) is 0 Å².